The molecule has 0 bridgehead atoms. The van der Waals surface area contributed by atoms with E-state index in [0.717, 1.165) is 34.0 Å². The highest BCUT2D eigenvalue weighted by molar-refractivity contribution is 7.80. The number of likely N-dealkylation sites (N-methyl/N-ethyl adjacent to an activating group) is 1. The van der Waals surface area contributed by atoms with Gasteiger partial charge in [-0.3, -0.25) is 4.79 Å². The second-order valence-corrected chi connectivity index (χ2v) is 5.91. The van der Waals surface area contributed by atoms with Gasteiger partial charge >= 0.3 is 0 Å². The Morgan fingerprint density at radius 3 is 2.68 bits per heavy atom. The van der Waals surface area contributed by atoms with Gasteiger partial charge in [0.2, 0.25) is 0 Å². The average molecular weight is 318 g/mol. The molecule has 1 fully saturated rings. The van der Waals surface area contributed by atoms with Crippen LogP contribution in [-0.2, 0) is 4.79 Å². The second kappa shape index (κ2) is 6.92. The van der Waals surface area contributed by atoms with Crippen LogP contribution < -0.4 is 9.64 Å². The third kappa shape index (κ3) is 3.30. The van der Waals surface area contributed by atoms with Gasteiger partial charge < -0.3 is 14.5 Å². The van der Waals surface area contributed by atoms with Crippen molar-refractivity contribution in [3.05, 3.63) is 29.3 Å². The summed E-state index contributed by atoms with van der Waals surface area (Å²) in [6, 6.07) is 5.96. The number of hydrogen-bond acceptors (Lipinski definition) is 4. The van der Waals surface area contributed by atoms with Crippen molar-refractivity contribution in [2.45, 2.75) is 19.8 Å². The molecule has 1 aromatic rings. The van der Waals surface area contributed by atoms with Gasteiger partial charge in [0, 0.05) is 32.6 Å². The third-order valence-electron chi connectivity index (χ3n) is 3.77. The summed E-state index contributed by atoms with van der Waals surface area (Å²) < 4.78 is 5.44. The molecule has 0 spiro atoms. The van der Waals surface area contributed by atoms with Gasteiger partial charge in [-0.05, 0) is 37.1 Å². The van der Waals surface area contributed by atoms with E-state index in [1.54, 1.807) is 12.0 Å². The summed E-state index contributed by atoms with van der Waals surface area (Å²) in [5.74, 6) is 0.819. The van der Waals surface area contributed by atoms with Crippen LogP contribution in [0.3, 0.4) is 0 Å². The lowest BCUT2D eigenvalue weighted by molar-refractivity contribution is -0.123. The van der Waals surface area contributed by atoms with E-state index in [9.17, 15) is 4.79 Å². The number of methoxy groups -OCH3 is 1. The SMILES string of the molecule is CCN1C(=O)/C(=C\c2ccc(N(C)C)c(OC)c2)CCC1=S. The highest BCUT2D eigenvalue weighted by Gasteiger charge is 2.25. The van der Waals surface area contributed by atoms with Crippen LogP contribution in [0.15, 0.2) is 23.8 Å². The van der Waals surface area contributed by atoms with Gasteiger partial charge in [-0.1, -0.05) is 18.3 Å². The maximum Gasteiger partial charge on any atom is 0.254 e. The number of benzene rings is 1. The minimum atomic E-state index is 0.0226. The third-order valence-corrected chi connectivity index (χ3v) is 4.20. The number of carbonyl (C=O) groups is 1. The van der Waals surface area contributed by atoms with Crippen LogP contribution >= 0.6 is 12.2 Å². The summed E-state index contributed by atoms with van der Waals surface area (Å²) in [4.78, 5) is 16.8. The average Bonchev–Trinajstić information content (AvgIpc) is 2.50. The maximum absolute atomic E-state index is 12.4. The lowest BCUT2D eigenvalue weighted by atomic mass is 10.0. The topological polar surface area (TPSA) is 32.8 Å². The lowest BCUT2D eigenvalue weighted by Crippen LogP contribution is -2.40. The quantitative estimate of drug-likeness (QED) is 0.631. The van der Waals surface area contributed by atoms with Crippen molar-refractivity contribution in [3.63, 3.8) is 0 Å². The fourth-order valence-electron chi connectivity index (χ4n) is 2.58. The molecule has 1 aliphatic heterocycles. The Kier molecular flexibility index (Phi) is 5.19. The summed E-state index contributed by atoms with van der Waals surface area (Å²) in [6.45, 7) is 2.57. The minimum Gasteiger partial charge on any atom is -0.495 e. The molecule has 0 N–H and O–H groups in total. The zero-order chi connectivity index (χ0) is 16.3. The van der Waals surface area contributed by atoms with E-state index in [2.05, 4.69) is 0 Å². The number of piperidine rings is 1. The van der Waals surface area contributed by atoms with Crippen molar-refractivity contribution in [2.75, 3.05) is 32.6 Å². The maximum atomic E-state index is 12.4. The Bertz CT molecular complexity index is 623. The summed E-state index contributed by atoms with van der Waals surface area (Å²) in [6.07, 6.45) is 3.40. The lowest BCUT2D eigenvalue weighted by Gasteiger charge is -2.28. The fraction of sp³-hybridized carbons (Fsp3) is 0.412. The number of likely N-dealkylation sites (tertiary alicyclic amines) is 1. The van der Waals surface area contributed by atoms with Crippen LogP contribution in [0.4, 0.5) is 5.69 Å². The van der Waals surface area contributed by atoms with Crippen LogP contribution in [-0.4, -0.2) is 43.5 Å². The molecule has 22 heavy (non-hydrogen) atoms. The summed E-state index contributed by atoms with van der Waals surface area (Å²) >= 11 is 5.26. The summed E-state index contributed by atoms with van der Waals surface area (Å²) in [7, 11) is 5.60. The van der Waals surface area contributed by atoms with Gasteiger partial charge in [0.1, 0.15) is 5.75 Å². The number of ether oxygens (including phenoxy) is 1. The molecule has 0 radical (unpaired) electrons. The van der Waals surface area contributed by atoms with Gasteiger partial charge in [0.05, 0.1) is 17.8 Å². The molecule has 1 amide bonds. The van der Waals surface area contributed by atoms with E-state index >= 15 is 0 Å². The Labute approximate surface area is 137 Å². The van der Waals surface area contributed by atoms with E-state index in [4.69, 9.17) is 17.0 Å². The molecule has 0 atom stereocenters. The van der Waals surface area contributed by atoms with Crippen LogP contribution in [0, 0.1) is 0 Å². The standard InChI is InChI=1S/C17H22N2O2S/c1-5-19-16(22)9-7-13(17(19)20)10-12-6-8-14(18(2)3)15(11-12)21-4/h6,8,10-11H,5,7,9H2,1-4H3/b13-10-. The van der Waals surface area contributed by atoms with E-state index in [1.807, 2.05) is 50.2 Å². The second-order valence-electron chi connectivity index (χ2n) is 5.44. The van der Waals surface area contributed by atoms with Crippen LogP contribution in [0.25, 0.3) is 6.08 Å². The van der Waals surface area contributed by atoms with Crippen molar-refractivity contribution in [3.8, 4) is 5.75 Å². The van der Waals surface area contributed by atoms with E-state index in [-0.39, 0.29) is 5.91 Å². The molecule has 118 valence electrons. The molecule has 0 aromatic heterocycles. The molecule has 4 nitrogen and oxygen atoms in total. The molecular weight excluding hydrogens is 296 g/mol. The number of rotatable bonds is 4. The number of amides is 1. The molecule has 1 heterocycles. The summed E-state index contributed by atoms with van der Waals surface area (Å²) in [5, 5.41) is 0. The highest BCUT2D eigenvalue weighted by atomic mass is 32.1. The molecule has 0 unspecified atom stereocenters. The number of nitrogens with zero attached hydrogens (tertiary/aromatic N) is 2. The molecule has 0 aliphatic carbocycles. The largest absolute Gasteiger partial charge is 0.495 e. The van der Waals surface area contributed by atoms with Gasteiger partial charge in [0.15, 0.2) is 0 Å². The van der Waals surface area contributed by atoms with Crippen LogP contribution in [0.5, 0.6) is 5.75 Å². The monoisotopic (exact) mass is 318 g/mol. The first-order valence-corrected chi connectivity index (χ1v) is 7.79. The molecule has 1 aliphatic rings. The minimum absolute atomic E-state index is 0.0226. The molecule has 5 heteroatoms. The zero-order valence-electron chi connectivity index (χ0n) is 13.5. The Hall–Kier alpha value is -1.88. The number of hydrogen-bond donors (Lipinski definition) is 0. The fourth-order valence-corrected chi connectivity index (χ4v) is 2.89. The van der Waals surface area contributed by atoms with E-state index in [1.165, 1.54) is 0 Å². The van der Waals surface area contributed by atoms with E-state index < -0.39 is 0 Å². The number of carbonyl (C=O) groups excluding carboxylic acids is 1. The highest BCUT2D eigenvalue weighted by Crippen LogP contribution is 2.30. The van der Waals surface area contributed by atoms with Crippen molar-refractivity contribution in [1.82, 2.24) is 4.90 Å². The van der Waals surface area contributed by atoms with Crippen molar-refractivity contribution in [2.24, 2.45) is 0 Å². The predicted octanol–water partition coefficient (Wildman–Crippen LogP) is 3.11. The molecule has 1 aromatic carbocycles. The smallest absolute Gasteiger partial charge is 0.254 e. The Balaban J connectivity index is 2.33. The molecular formula is C17H22N2O2S. The number of anilines is 1. The normalized spacial score (nSPS) is 17.1. The van der Waals surface area contributed by atoms with Gasteiger partial charge in [-0.15, -0.1) is 0 Å². The first-order valence-electron chi connectivity index (χ1n) is 7.38. The van der Waals surface area contributed by atoms with Gasteiger partial charge in [-0.25, -0.2) is 0 Å². The Morgan fingerprint density at radius 2 is 2.09 bits per heavy atom. The molecule has 1 saturated heterocycles. The van der Waals surface area contributed by atoms with Crippen molar-refractivity contribution >= 4 is 34.9 Å². The predicted molar refractivity (Wildman–Crippen MR) is 94.5 cm³/mol. The molecule has 0 saturated carbocycles. The van der Waals surface area contributed by atoms with Crippen molar-refractivity contribution in [1.29, 1.82) is 0 Å². The molecule has 2 rings (SSSR count). The first kappa shape index (κ1) is 16.5. The zero-order valence-corrected chi connectivity index (χ0v) is 14.4. The van der Waals surface area contributed by atoms with Crippen molar-refractivity contribution < 1.29 is 9.53 Å². The van der Waals surface area contributed by atoms with Gasteiger partial charge in [-0.2, -0.15) is 0 Å². The van der Waals surface area contributed by atoms with Crippen LogP contribution in [0.2, 0.25) is 0 Å². The summed E-state index contributed by atoms with van der Waals surface area (Å²) in [5.41, 5.74) is 2.78. The van der Waals surface area contributed by atoms with Crippen LogP contribution in [0.1, 0.15) is 25.3 Å². The van der Waals surface area contributed by atoms with E-state index in [0.29, 0.717) is 13.0 Å². The van der Waals surface area contributed by atoms with Gasteiger partial charge in [0.25, 0.3) is 5.91 Å². The number of thiocarbonyl (C=S) groups is 1. The first-order chi connectivity index (χ1) is 10.5. The Morgan fingerprint density at radius 1 is 1.36 bits per heavy atom.